The van der Waals surface area contributed by atoms with E-state index in [-0.39, 0.29) is 12.6 Å². The third kappa shape index (κ3) is 7.50. The summed E-state index contributed by atoms with van der Waals surface area (Å²) in [5, 5.41) is 2.86. The van der Waals surface area contributed by atoms with Crippen LogP contribution in [-0.4, -0.2) is 56.6 Å². The molecule has 0 aliphatic heterocycles. The number of carbonyl (C=O) groups is 2. The molecule has 0 saturated heterocycles. The number of amides is 2. The van der Waals surface area contributed by atoms with Gasteiger partial charge in [-0.1, -0.05) is 36.4 Å². The van der Waals surface area contributed by atoms with Crippen LogP contribution in [0.2, 0.25) is 0 Å². The lowest BCUT2D eigenvalue weighted by Crippen LogP contribution is -2.43. The number of ether oxygens (including phenoxy) is 3. The van der Waals surface area contributed by atoms with Crippen molar-refractivity contribution in [2.75, 3.05) is 38.7 Å². The number of esters is 1. The van der Waals surface area contributed by atoms with Crippen LogP contribution in [0.1, 0.15) is 29.8 Å². The SMILES string of the molecule is CCOC(CN(CCc1ccccc1)C(=O)Nc1cccc(C(=O)OC)c1)OCC. The Bertz CT molecular complexity index is 791. The molecule has 2 aromatic rings. The monoisotopic (exact) mass is 414 g/mol. The molecule has 0 atom stereocenters. The predicted molar refractivity (Wildman–Crippen MR) is 116 cm³/mol. The van der Waals surface area contributed by atoms with Crippen LogP contribution in [0, 0.1) is 0 Å². The number of urea groups is 1. The van der Waals surface area contributed by atoms with Gasteiger partial charge in [0, 0.05) is 25.4 Å². The maximum Gasteiger partial charge on any atom is 0.337 e. The van der Waals surface area contributed by atoms with Crippen LogP contribution >= 0.6 is 0 Å². The highest BCUT2D eigenvalue weighted by Crippen LogP contribution is 2.14. The third-order valence-electron chi connectivity index (χ3n) is 4.41. The van der Waals surface area contributed by atoms with E-state index in [1.54, 1.807) is 29.2 Å². The topological polar surface area (TPSA) is 77.1 Å². The molecule has 2 amide bonds. The standard InChI is InChI=1S/C23H30N2O5/c1-4-29-21(30-5-2)17-25(15-14-18-10-7-6-8-11-18)23(27)24-20-13-9-12-19(16-20)22(26)28-3/h6-13,16,21H,4-5,14-15,17H2,1-3H3,(H,24,27). The fourth-order valence-corrected chi connectivity index (χ4v) is 2.93. The fourth-order valence-electron chi connectivity index (χ4n) is 2.93. The van der Waals surface area contributed by atoms with E-state index in [1.807, 2.05) is 44.2 Å². The number of methoxy groups -OCH3 is 1. The molecule has 0 radical (unpaired) electrons. The van der Waals surface area contributed by atoms with Gasteiger partial charge in [-0.15, -0.1) is 0 Å². The first kappa shape index (κ1) is 23.4. The van der Waals surface area contributed by atoms with Crippen LogP contribution in [0.4, 0.5) is 10.5 Å². The molecule has 0 saturated carbocycles. The molecular formula is C23H30N2O5. The van der Waals surface area contributed by atoms with Crippen LogP contribution in [0.25, 0.3) is 0 Å². The van der Waals surface area contributed by atoms with Crippen LogP contribution in [-0.2, 0) is 20.6 Å². The molecule has 2 aromatic carbocycles. The second-order valence-electron chi connectivity index (χ2n) is 6.52. The average molecular weight is 415 g/mol. The molecule has 2 rings (SSSR count). The van der Waals surface area contributed by atoms with Crippen molar-refractivity contribution in [3.63, 3.8) is 0 Å². The molecule has 0 aliphatic rings. The van der Waals surface area contributed by atoms with Crippen molar-refractivity contribution in [2.45, 2.75) is 26.6 Å². The van der Waals surface area contributed by atoms with E-state index >= 15 is 0 Å². The Morgan fingerprint density at radius 3 is 2.33 bits per heavy atom. The van der Waals surface area contributed by atoms with E-state index in [2.05, 4.69) is 5.32 Å². The maximum atomic E-state index is 13.0. The number of rotatable bonds is 11. The normalized spacial score (nSPS) is 10.7. The highest BCUT2D eigenvalue weighted by atomic mass is 16.7. The van der Waals surface area contributed by atoms with Gasteiger partial charge in [-0.2, -0.15) is 0 Å². The van der Waals surface area contributed by atoms with E-state index in [0.717, 1.165) is 5.56 Å². The molecule has 162 valence electrons. The summed E-state index contributed by atoms with van der Waals surface area (Å²) in [5.74, 6) is -0.459. The molecule has 1 N–H and O–H groups in total. The van der Waals surface area contributed by atoms with E-state index in [0.29, 0.717) is 37.4 Å². The number of carbonyl (C=O) groups excluding carboxylic acids is 2. The number of benzene rings is 2. The number of nitrogens with zero attached hydrogens (tertiary/aromatic N) is 1. The smallest absolute Gasteiger partial charge is 0.337 e. The lowest BCUT2D eigenvalue weighted by atomic mass is 10.1. The average Bonchev–Trinajstić information content (AvgIpc) is 2.77. The first-order valence-electron chi connectivity index (χ1n) is 10.1. The van der Waals surface area contributed by atoms with Crippen LogP contribution < -0.4 is 5.32 Å². The highest BCUT2D eigenvalue weighted by Gasteiger charge is 2.20. The summed E-state index contributed by atoms with van der Waals surface area (Å²) in [5.41, 5.74) is 2.01. The molecule has 0 heterocycles. The Kier molecular flexibility index (Phi) is 9.83. The molecule has 0 aliphatic carbocycles. The van der Waals surface area contributed by atoms with Crippen LogP contribution in [0.5, 0.6) is 0 Å². The number of hydrogen-bond donors (Lipinski definition) is 1. The summed E-state index contributed by atoms with van der Waals surface area (Å²) >= 11 is 0. The minimum Gasteiger partial charge on any atom is -0.465 e. The molecule has 7 heteroatoms. The van der Waals surface area contributed by atoms with Gasteiger partial charge in [0.2, 0.25) is 0 Å². The van der Waals surface area contributed by atoms with E-state index in [1.165, 1.54) is 7.11 Å². The van der Waals surface area contributed by atoms with Gasteiger partial charge in [0.15, 0.2) is 6.29 Å². The first-order chi connectivity index (χ1) is 14.6. The van der Waals surface area contributed by atoms with Crippen molar-refractivity contribution in [2.24, 2.45) is 0 Å². The van der Waals surface area contributed by atoms with E-state index in [9.17, 15) is 9.59 Å². The summed E-state index contributed by atoms with van der Waals surface area (Å²) in [4.78, 5) is 26.4. The lowest BCUT2D eigenvalue weighted by molar-refractivity contribution is -0.142. The molecule has 0 fully saturated rings. The summed E-state index contributed by atoms with van der Waals surface area (Å²) in [6, 6.07) is 16.3. The number of hydrogen-bond acceptors (Lipinski definition) is 5. The zero-order valence-electron chi connectivity index (χ0n) is 17.8. The molecule has 0 spiro atoms. The van der Waals surface area contributed by atoms with Gasteiger partial charge in [0.25, 0.3) is 0 Å². The second-order valence-corrected chi connectivity index (χ2v) is 6.52. The molecular weight excluding hydrogens is 384 g/mol. The van der Waals surface area contributed by atoms with Gasteiger partial charge in [-0.3, -0.25) is 0 Å². The Morgan fingerprint density at radius 2 is 1.70 bits per heavy atom. The molecule has 7 nitrogen and oxygen atoms in total. The van der Waals surface area contributed by atoms with Gasteiger partial charge in [-0.25, -0.2) is 9.59 Å². The summed E-state index contributed by atoms with van der Waals surface area (Å²) in [6.07, 6.45) is 0.185. The Hall–Kier alpha value is -2.90. The van der Waals surface area contributed by atoms with Crippen LogP contribution in [0.15, 0.2) is 54.6 Å². The van der Waals surface area contributed by atoms with E-state index < -0.39 is 12.3 Å². The van der Waals surface area contributed by atoms with E-state index in [4.69, 9.17) is 14.2 Å². The van der Waals surface area contributed by atoms with Gasteiger partial charge >= 0.3 is 12.0 Å². The number of anilines is 1. The second kappa shape index (κ2) is 12.6. The summed E-state index contributed by atoms with van der Waals surface area (Å²) in [6.45, 7) is 5.53. The van der Waals surface area contributed by atoms with Crippen molar-refractivity contribution in [3.8, 4) is 0 Å². The summed E-state index contributed by atoms with van der Waals surface area (Å²) < 4.78 is 16.0. The largest absolute Gasteiger partial charge is 0.465 e. The zero-order valence-corrected chi connectivity index (χ0v) is 17.8. The minimum absolute atomic E-state index is 0.289. The van der Waals surface area contributed by atoms with Gasteiger partial charge in [0.05, 0.1) is 19.2 Å². The fraction of sp³-hybridized carbons (Fsp3) is 0.391. The predicted octanol–water partition coefficient (Wildman–Crippen LogP) is 3.95. The van der Waals surface area contributed by atoms with Crippen molar-refractivity contribution in [1.29, 1.82) is 0 Å². The number of nitrogens with one attached hydrogen (secondary N) is 1. The first-order valence-corrected chi connectivity index (χ1v) is 10.1. The van der Waals surface area contributed by atoms with Crippen LogP contribution in [0.3, 0.4) is 0 Å². The van der Waals surface area contributed by atoms with Crippen molar-refractivity contribution in [3.05, 3.63) is 65.7 Å². The molecule has 0 unspecified atom stereocenters. The van der Waals surface area contributed by atoms with Gasteiger partial charge in [0.1, 0.15) is 0 Å². The Balaban J connectivity index is 2.12. The maximum absolute atomic E-state index is 13.0. The zero-order chi connectivity index (χ0) is 21.8. The van der Waals surface area contributed by atoms with Gasteiger partial charge < -0.3 is 24.4 Å². The highest BCUT2D eigenvalue weighted by molar-refractivity contribution is 5.93. The molecule has 0 aromatic heterocycles. The molecule has 30 heavy (non-hydrogen) atoms. The quantitative estimate of drug-likeness (QED) is 0.445. The minimum atomic E-state index is -0.511. The third-order valence-corrected chi connectivity index (χ3v) is 4.41. The van der Waals surface area contributed by atoms with Crippen molar-refractivity contribution >= 4 is 17.7 Å². The van der Waals surface area contributed by atoms with Crippen molar-refractivity contribution in [1.82, 2.24) is 4.90 Å². The van der Waals surface area contributed by atoms with Crippen molar-refractivity contribution < 1.29 is 23.8 Å². The molecule has 0 bridgehead atoms. The van der Waals surface area contributed by atoms with Gasteiger partial charge in [-0.05, 0) is 44.0 Å². The summed E-state index contributed by atoms with van der Waals surface area (Å²) in [7, 11) is 1.32. The Labute approximate surface area is 177 Å². The Morgan fingerprint density at radius 1 is 1.00 bits per heavy atom. The lowest BCUT2D eigenvalue weighted by Gasteiger charge is -2.27.